The number of carbonyl (C=O) groups is 2. The first-order valence-electron chi connectivity index (χ1n) is 7.88. The summed E-state index contributed by atoms with van der Waals surface area (Å²) >= 11 is 0. The molecule has 0 bridgehead atoms. The van der Waals surface area contributed by atoms with Crippen molar-refractivity contribution in [2.75, 3.05) is 6.16 Å². The molecule has 0 aliphatic rings. The third kappa shape index (κ3) is 6.90. The monoisotopic (exact) mass is 375 g/mol. The van der Waals surface area contributed by atoms with Crippen LogP contribution in [0.1, 0.15) is 11.1 Å². The third-order valence-electron chi connectivity index (χ3n) is 3.50. The minimum Gasteiger partial charge on any atom is -0.669 e. The van der Waals surface area contributed by atoms with Crippen molar-refractivity contribution in [2.45, 2.75) is 19.1 Å². The third-order valence-corrected chi connectivity index (χ3v) is 4.88. The Kier molecular flexibility index (Phi) is 7.24. The SMILES string of the molecule is O=C(C[P+]([O-])([O-])N[C@@H](Cc1ccccc1)C(=O)[O-])OCc1ccccc1. The summed E-state index contributed by atoms with van der Waals surface area (Å²) in [5, 5.41) is 13.2. The first-order valence-corrected chi connectivity index (χ1v) is 9.69. The summed E-state index contributed by atoms with van der Waals surface area (Å²) in [6.45, 7) is -0.0619. The number of nitrogens with one attached hydrogen (secondary N) is 1. The van der Waals surface area contributed by atoms with Crippen molar-refractivity contribution in [3.63, 3.8) is 0 Å². The van der Waals surface area contributed by atoms with Gasteiger partial charge in [-0.15, -0.1) is 0 Å². The fourth-order valence-corrected chi connectivity index (χ4v) is 3.46. The molecule has 0 aliphatic carbocycles. The second-order valence-electron chi connectivity index (χ2n) is 5.67. The largest absolute Gasteiger partial charge is 0.669 e. The zero-order chi connectivity index (χ0) is 19.0. The van der Waals surface area contributed by atoms with Gasteiger partial charge in [0.05, 0.1) is 12.0 Å². The van der Waals surface area contributed by atoms with Gasteiger partial charge in [-0.25, -0.2) is 4.79 Å². The van der Waals surface area contributed by atoms with Crippen LogP contribution in [0.2, 0.25) is 0 Å². The molecule has 8 heteroatoms. The summed E-state index contributed by atoms with van der Waals surface area (Å²) in [5.41, 5.74) is 1.34. The van der Waals surface area contributed by atoms with Gasteiger partial charge < -0.3 is 24.4 Å². The van der Waals surface area contributed by atoms with Crippen LogP contribution in [0.4, 0.5) is 0 Å². The smallest absolute Gasteiger partial charge is 0.345 e. The summed E-state index contributed by atoms with van der Waals surface area (Å²) in [6.07, 6.45) is -1.03. The van der Waals surface area contributed by atoms with Crippen LogP contribution in [-0.4, -0.2) is 24.1 Å². The van der Waals surface area contributed by atoms with Gasteiger partial charge in [0.25, 0.3) is 0 Å². The average molecular weight is 375 g/mol. The molecule has 7 nitrogen and oxygen atoms in total. The lowest BCUT2D eigenvalue weighted by molar-refractivity contribution is -0.321. The molecule has 0 radical (unpaired) electrons. The number of rotatable bonds is 9. The predicted octanol–water partition coefficient (Wildman–Crippen LogP) is -0.836. The summed E-state index contributed by atoms with van der Waals surface area (Å²) in [7, 11) is -4.51. The number of benzene rings is 2. The molecule has 0 unspecified atom stereocenters. The van der Waals surface area contributed by atoms with Gasteiger partial charge in [-0.1, -0.05) is 60.7 Å². The molecule has 0 fully saturated rings. The van der Waals surface area contributed by atoms with E-state index in [-0.39, 0.29) is 13.0 Å². The van der Waals surface area contributed by atoms with Crippen molar-refractivity contribution in [1.82, 2.24) is 5.09 Å². The molecule has 0 aliphatic heterocycles. The standard InChI is InChI=1S/C18H20NO6P/c20-17(25-12-15-9-5-2-6-10-15)13-26(23,24)19-16(18(21)22)11-14-7-3-1-4-8-14/h1-10,16H,11-13H2,(H,21,22)(H2,19,23,24)/p-2/t16-/m0/s1. The second-order valence-corrected chi connectivity index (χ2v) is 7.59. The van der Waals surface area contributed by atoms with Gasteiger partial charge >= 0.3 is 5.97 Å². The molecule has 0 amide bonds. The molecule has 1 N–H and O–H groups in total. The normalized spacial score (nSPS) is 12.4. The maximum atomic E-state index is 12.1. The van der Waals surface area contributed by atoms with E-state index in [0.29, 0.717) is 11.1 Å². The molecular formula is C18H18NO6P-2. The van der Waals surface area contributed by atoms with E-state index in [4.69, 9.17) is 4.74 Å². The Morgan fingerprint density at radius 1 is 0.962 bits per heavy atom. The van der Waals surface area contributed by atoms with Crippen LogP contribution in [0.15, 0.2) is 60.7 Å². The quantitative estimate of drug-likeness (QED) is 0.448. The highest BCUT2D eigenvalue weighted by molar-refractivity contribution is 7.60. The molecule has 138 valence electrons. The lowest BCUT2D eigenvalue weighted by Crippen LogP contribution is -2.52. The van der Waals surface area contributed by atoms with Gasteiger partial charge in [-0.05, 0) is 25.4 Å². The molecule has 0 aromatic heterocycles. The van der Waals surface area contributed by atoms with Gasteiger partial charge in [-0.2, -0.15) is 5.09 Å². The molecule has 2 aromatic rings. The summed E-state index contributed by atoms with van der Waals surface area (Å²) in [5.74, 6) is -2.53. The molecular weight excluding hydrogens is 357 g/mol. The van der Waals surface area contributed by atoms with Crippen LogP contribution in [0.3, 0.4) is 0 Å². The zero-order valence-corrected chi connectivity index (χ0v) is 14.8. The number of ether oxygens (including phenoxy) is 1. The van der Waals surface area contributed by atoms with Crippen LogP contribution in [0.25, 0.3) is 0 Å². The van der Waals surface area contributed by atoms with Crippen LogP contribution in [0, 0.1) is 0 Å². The molecule has 0 saturated heterocycles. The van der Waals surface area contributed by atoms with Crippen molar-refractivity contribution >= 4 is 19.8 Å². The first kappa shape index (κ1) is 20.0. The minimum absolute atomic E-state index is 0.0619. The molecule has 1 atom stereocenters. The average Bonchev–Trinajstić information content (AvgIpc) is 2.60. The van der Waals surface area contributed by atoms with E-state index in [1.165, 1.54) is 0 Å². The van der Waals surface area contributed by atoms with E-state index in [0.717, 1.165) is 0 Å². The lowest BCUT2D eigenvalue weighted by Gasteiger charge is -2.38. The van der Waals surface area contributed by atoms with Crippen molar-refractivity contribution in [2.24, 2.45) is 0 Å². The number of carboxylic acid groups (broad SMARTS) is 1. The number of carboxylic acids is 1. The second kappa shape index (κ2) is 9.40. The Labute approximate surface area is 151 Å². The number of aliphatic carboxylic acids is 1. The number of hydrogen-bond donors (Lipinski definition) is 1. The van der Waals surface area contributed by atoms with Crippen molar-refractivity contribution in [3.05, 3.63) is 71.8 Å². The Bertz CT molecular complexity index is 723. The Morgan fingerprint density at radius 3 is 2.04 bits per heavy atom. The maximum Gasteiger partial charge on any atom is 0.345 e. The minimum atomic E-state index is -4.51. The van der Waals surface area contributed by atoms with Crippen LogP contribution in [-0.2, 0) is 27.4 Å². The Balaban J connectivity index is 1.90. The Morgan fingerprint density at radius 2 is 1.50 bits per heavy atom. The zero-order valence-electron chi connectivity index (χ0n) is 13.9. The van der Waals surface area contributed by atoms with E-state index >= 15 is 0 Å². The van der Waals surface area contributed by atoms with Gasteiger partial charge in [0.2, 0.25) is 0 Å². The number of carbonyl (C=O) groups excluding carboxylic acids is 2. The van der Waals surface area contributed by atoms with Crippen LogP contribution < -0.4 is 20.0 Å². The highest BCUT2D eigenvalue weighted by Gasteiger charge is 2.25. The van der Waals surface area contributed by atoms with E-state index in [9.17, 15) is 24.5 Å². The van der Waals surface area contributed by atoms with E-state index in [1.54, 1.807) is 60.7 Å². The fraction of sp³-hybridized carbons (Fsp3) is 0.222. The van der Waals surface area contributed by atoms with E-state index in [1.807, 2.05) is 5.09 Å². The molecule has 26 heavy (non-hydrogen) atoms. The summed E-state index contributed by atoms with van der Waals surface area (Å²) < 4.78 is 4.91. The highest BCUT2D eigenvalue weighted by atomic mass is 31.2. The Hall–Kier alpha value is -2.31. The highest BCUT2D eigenvalue weighted by Crippen LogP contribution is 2.35. The summed E-state index contributed by atoms with van der Waals surface area (Å²) in [6, 6.07) is 15.8. The number of hydrogen-bond acceptors (Lipinski definition) is 7. The van der Waals surface area contributed by atoms with Gasteiger partial charge in [0.15, 0.2) is 6.16 Å². The molecule has 0 heterocycles. The van der Waals surface area contributed by atoms with Crippen molar-refractivity contribution in [1.29, 1.82) is 0 Å². The summed E-state index contributed by atoms with van der Waals surface area (Å²) in [4.78, 5) is 47.1. The molecule has 2 aromatic carbocycles. The maximum absolute atomic E-state index is 12.1. The van der Waals surface area contributed by atoms with Crippen molar-refractivity contribution in [3.8, 4) is 0 Å². The fourth-order valence-electron chi connectivity index (χ4n) is 2.27. The molecule has 0 spiro atoms. The van der Waals surface area contributed by atoms with Gasteiger partial charge in [-0.3, -0.25) is 0 Å². The van der Waals surface area contributed by atoms with E-state index < -0.39 is 32.0 Å². The van der Waals surface area contributed by atoms with Gasteiger partial charge in [0, 0.05) is 0 Å². The van der Waals surface area contributed by atoms with Crippen molar-refractivity contribution < 1.29 is 29.2 Å². The first-order chi connectivity index (χ1) is 12.4. The topological polar surface area (TPSA) is 125 Å². The van der Waals surface area contributed by atoms with Crippen LogP contribution >= 0.6 is 7.87 Å². The molecule has 2 rings (SSSR count). The van der Waals surface area contributed by atoms with E-state index in [2.05, 4.69) is 0 Å². The number of esters is 1. The lowest BCUT2D eigenvalue weighted by atomic mass is 10.1. The van der Waals surface area contributed by atoms with Gasteiger partial charge in [0.1, 0.15) is 6.61 Å². The van der Waals surface area contributed by atoms with Crippen LogP contribution in [0.5, 0.6) is 0 Å². The predicted molar refractivity (Wildman–Crippen MR) is 90.1 cm³/mol. The molecule has 0 saturated carbocycles.